The average molecular weight is 283 g/mol. The minimum atomic E-state index is 0.0132. The van der Waals surface area contributed by atoms with Crippen LogP contribution in [-0.2, 0) is 9.59 Å². The van der Waals surface area contributed by atoms with Crippen molar-refractivity contribution in [3.63, 3.8) is 0 Å². The normalized spacial score (nSPS) is 18.0. The molecule has 1 saturated heterocycles. The summed E-state index contributed by atoms with van der Waals surface area (Å²) < 4.78 is 0. The van der Waals surface area contributed by atoms with Gasteiger partial charge in [0.2, 0.25) is 11.8 Å². The van der Waals surface area contributed by atoms with Gasteiger partial charge in [-0.25, -0.2) is 0 Å². The van der Waals surface area contributed by atoms with Crippen molar-refractivity contribution in [1.29, 1.82) is 0 Å². The van der Waals surface area contributed by atoms with Gasteiger partial charge in [0, 0.05) is 26.1 Å². The number of amides is 2. The van der Waals surface area contributed by atoms with Crippen LogP contribution in [0.15, 0.2) is 0 Å². The third kappa shape index (κ3) is 5.90. The summed E-state index contributed by atoms with van der Waals surface area (Å²) in [5.41, 5.74) is 0. The van der Waals surface area contributed by atoms with Crippen molar-refractivity contribution in [1.82, 2.24) is 15.5 Å². The molecule has 0 unspecified atom stereocenters. The Hall–Kier alpha value is -1.10. The van der Waals surface area contributed by atoms with Gasteiger partial charge >= 0.3 is 0 Å². The summed E-state index contributed by atoms with van der Waals surface area (Å²) >= 11 is 0. The third-order valence-electron chi connectivity index (χ3n) is 3.86. The van der Waals surface area contributed by atoms with Gasteiger partial charge in [-0.3, -0.25) is 9.59 Å². The largest absolute Gasteiger partial charge is 0.355 e. The standard InChI is InChI=1S/C15H29N3O2/c1-3-18(4-2)14(19)10-6-5-7-11-17-15(20)13-9-8-12-16-13/h13,16H,3-12H2,1-2H3,(H,17,20)/t13-/m0/s1. The highest BCUT2D eigenvalue weighted by molar-refractivity contribution is 5.81. The molecule has 1 aliphatic heterocycles. The summed E-state index contributed by atoms with van der Waals surface area (Å²) in [7, 11) is 0. The van der Waals surface area contributed by atoms with E-state index < -0.39 is 0 Å². The van der Waals surface area contributed by atoms with Crippen LogP contribution in [-0.4, -0.2) is 48.9 Å². The van der Waals surface area contributed by atoms with Crippen molar-refractivity contribution in [3.05, 3.63) is 0 Å². The molecule has 0 spiro atoms. The summed E-state index contributed by atoms with van der Waals surface area (Å²) in [6, 6.07) is 0.0132. The van der Waals surface area contributed by atoms with Crippen LogP contribution in [0.5, 0.6) is 0 Å². The molecule has 0 aromatic heterocycles. The van der Waals surface area contributed by atoms with Gasteiger partial charge in [-0.15, -0.1) is 0 Å². The lowest BCUT2D eigenvalue weighted by Crippen LogP contribution is -2.40. The van der Waals surface area contributed by atoms with E-state index in [9.17, 15) is 9.59 Å². The van der Waals surface area contributed by atoms with Crippen molar-refractivity contribution < 1.29 is 9.59 Å². The lowest BCUT2D eigenvalue weighted by molar-refractivity contribution is -0.131. The van der Waals surface area contributed by atoms with E-state index in [2.05, 4.69) is 10.6 Å². The van der Waals surface area contributed by atoms with Crippen LogP contribution >= 0.6 is 0 Å². The van der Waals surface area contributed by atoms with Crippen LogP contribution in [0.1, 0.15) is 52.4 Å². The van der Waals surface area contributed by atoms with Gasteiger partial charge in [-0.1, -0.05) is 6.42 Å². The molecule has 1 rings (SSSR count). The second-order valence-corrected chi connectivity index (χ2v) is 5.32. The Kier molecular flexibility index (Phi) is 8.26. The zero-order valence-electron chi connectivity index (χ0n) is 12.9. The van der Waals surface area contributed by atoms with Gasteiger partial charge in [0.05, 0.1) is 6.04 Å². The van der Waals surface area contributed by atoms with E-state index in [1.165, 1.54) is 0 Å². The molecule has 1 heterocycles. The Labute approximate surface area is 122 Å². The highest BCUT2D eigenvalue weighted by Crippen LogP contribution is 2.05. The second kappa shape index (κ2) is 9.75. The summed E-state index contributed by atoms with van der Waals surface area (Å²) in [6.45, 7) is 7.27. The maximum atomic E-state index is 11.8. The molecule has 1 atom stereocenters. The summed E-state index contributed by atoms with van der Waals surface area (Å²) in [4.78, 5) is 25.4. The molecule has 20 heavy (non-hydrogen) atoms. The first kappa shape index (κ1) is 17.0. The Bertz CT molecular complexity index is 279. The molecule has 0 bridgehead atoms. The van der Waals surface area contributed by atoms with Crippen LogP contribution in [0.25, 0.3) is 0 Å². The topological polar surface area (TPSA) is 61.4 Å². The van der Waals surface area contributed by atoms with Crippen LogP contribution in [0.2, 0.25) is 0 Å². The molecule has 0 aromatic carbocycles. The van der Waals surface area contributed by atoms with E-state index >= 15 is 0 Å². The van der Waals surface area contributed by atoms with Crippen molar-refractivity contribution in [2.45, 2.75) is 58.4 Å². The molecule has 0 aromatic rings. The van der Waals surface area contributed by atoms with Crippen molar-refractivity contribution in [2.75, 3.05) is 26.2 Å². The average Bonchev–Trinajstić information content (AvgIpc) is 2.98. The van der Waals surface area contributed by atoms with Crippen LogP contribution in [0, 0.1) is 0 Å². The molecule has 2 N–H and O–H groups in total. The summed E-state index contributed by atoms with van der Waals surface area (Å²) in [6.07, 6.45) is 5.51. The Morgan fingerprint density at radius 1 is 1.20 bits per heavy atom. The number of carbonyl (C=O) groups is 2. The lowest BCUT2D eigenvalue weighted by atomic mass is 10.1. The molecule has 1 aliphatic rings. The number of unbranched alkanes of at least 4 members (excludes halogenated alkanes) is 2. The Morgan fingerprint density at radius 2 is 1.95 bits per heavy atom. The SMILES string of the molecule is CCN(CC)C(=O)CCCCCNC(=O)[C@@H]1CCCN1. The quantitative estimate of drug-likeness (QED) is 0.627. The third-order valence-corrected chi connectivity index (χ3v) is 3.86. The Balaban J connectivity index is 1.99. The predicted molar refractivity (Wildman–Crippen MR) is 80.4 cm³/mol. The van der Waals surface area contributed by atoms with Gasteiger partial charge in [-0.05, 0) is 46.1 Å². The summed E-state index contributed by atoms with van der Waals surface area (Å²) in [5.74, 6) is 0.371. The molecule has 0 saturated carbocycles. The van der Waals surface area contributed by atoms with Crippen LogP contribution in [0.3, 0.4) is 0 Å². The van der Waals surface area contributed by atoms with E-state index in [4.69, 9.17) is 0 Å². The molecule has 2 amide bonds. The summed E-state index contributed by atoms with van der Waals surface area (Å²) in [5, 5.41) is 6.15. The molecule has 1 fully saturated rings. The van der Waals surface area contributed by atoms with E-state index in [1.807, 2.05) is 18.7 Å². The molecular formula is C15H29N3O2. The minimum absolute atomic E-state index is 0.0132. The number of nitrogens with one attached hydrogen (secondary N) is 2. The highest BCUT2D eigenvalue weighted by Gasteiger charge is 2.21. The fraction of sp³-hybridized carbons (Fsp3) is 0.867. The first-order valence-electron chi connectivity index (χ1n) is 7.97. The van der Waals surface area contributed by atoms with Crippen LogP contribution < -0.4 is 10.6 Å². The van der Waals surface area contributed by atoms with Gasteiger partial charge in [0.1, 0.15) is 0 Å². The Morgan fingerprint density at radius 3 is 2.55 bits per heavy atom. The fourth-order valence-electron chi connectivity index (χ4n) is 2.56. The van der Waals surface area contributed by atoms with E-state index in [-0.39, 0.29) is 17.9 Å². The first-order chi connectivity index (χ1) is 9.69. The van der Waals surface area contributed by atoms with Crippen LogP contribution in [0.4, 0.5) is 0 Å². The molecule has 5 heteroatoms. The first-order valence-corrected chi connectivity index (χ1v) is 7.97. The monoisotopic (exact) mass is 283 g/mol. The molecule has 116 valence electrons. The maximum absolute atomic E-state index is 11.8. The van der Waals surface area contributed by atoms with Gasteiger partial charge in [0.25, 0.3) is 0 Å². The highest BCUT2D eigenvalue weighted by atomic mass is 16.2. The molecule has 5 nitrogen and oxygen atoms in total. The zero-order valence-corrected chi connectivity index (χ0v) is 12.9. The minimum Gasteiger partial charge on any atom is -0.355 e. The van der Waals surface area contributed by atoms with Gasteiger partial charge < -0.3 is 15.5 Å². The predicted octanol–water partition coefficient (Wildman–Crippen LogP) is 1.28. The van der Waals surface area contributed by atoms with E-state index in [0.29, 0.717) is 6.42 Å². The fourth-order valence-corrected chi connectivity index (χ4v) is 2.56. The number of hydrogen-bond acceptors (Lipinski definition) is 3. The zero-order chi connectivity index (χ0) is 14.8. The molecule has 0 radical (unpaired) electrons. The van der Waals surface area contributed by atoms with Crippen molar-refractivity contribution >= 4 is 11.8 Å². The van der Waals surface area contributed by atoms with Crippen molar-refractivity contribution in [3.8, 4) is 0 Å². The van der Waals surface area contributed by atoms with Gasteiger partial charge in [0.15, 0.2) is 0 Å². The van der Waals surface area contributed by atoms with E-state index in [1.54, 1.807) is 0 Å². The maximum Gasteiger partial charge on any atom is 0.237 e. The number of rotatable bonds is 9. The number of nitrogens with zero attached hydrogens (tertiary/aromatic N) is 1. The second-order valence-electron chi connectivity index (χ2n) is 5.32. The molecule has 0 aliphatic carbocycles. The van der Waals surface area contributed by atoms with E-state index in [0.717, 1.165) is 58.3 Å². The van der Waals surface area contributed by atoms with Crippen molar-refractivity contribution in [2.24, 2.45) is 0 Å². The smallest absolute Gasteiger partial charge is 0.237 e. The lowest BCUT2D eigenvalue weighted by Gasteiger charge is -2.18. The number of carbonyl (C=O) groups excluding carboxylic acids is 2. The molecular weight excluding hydrogens is 254 g/mol. The van der Waals surface area contributed by atoms with Gasteiger partial charge in [-0.2, -0.15) is 0 Å². The number of hydrogen-bond donors (Lipinski definition) is 2.